The molecule has 4 aromatic rings. The van der Waals surface area contributed by atoms with Gasteiger partial charge in [-0.1, -0.05) is 30.3 Å². The van der Waals surface area contributed by atoms with E-state index in [0.717, 1.165) is 0 Å². The second-order valence-electron chi connectivity index (χ2n) is 5.76. The Morgan fingerprint density at radius 3 is 2.48 bits per heavy atom. The third-order valence-corrected chi connectivity index (χ3v) is 4.00. The van der Waals surface area contributed by atoms with E-state index < -0.39 is 5.97 Å². The molecule has 0 unspecified atom stereocenters. The molecule has 0 bridgehead atoms. The molecule has 0 radical (unpaired) electrons. The smallest absolute Gasteiger partial charge is 0.343 e. The van der Waals surface area contributed by atoms with Crippen LogP contribution in [0.1, 0.15) is 10.4 Å². The summed E-state index contributed by atoms with van der Waals surface area (Å²) in [5.74, 6) is -0.907. The van der Waals surface area contributed by atoms with Crippen LogP contribution in [0.15, 0.2) is 82.3 Å². The van der Waals surface area contributed by atoms with Gasteiger partial charge in [0.25, 0.3) is 0 Å². The van der Waals surface area contributed by atoms with Gasteiger partial charge in [0.05, 0.1) is 10.9 Å². The lowest BCUT2D eigenvalue weighted by Crippen LogP contribution is -2.10. The molecule has 6 heteroatoms. The van der Waals surface area contributed by atoms with Gasteiger partial charge in [0.2, 0.25) is 5.75 Å². The summed E-state index contributed by atoms with van der Waals surface area (Å²) in [6.45, 7) is 0. The van der Waals surface area contributed by atoms with Crippen molar-refractivity contribution < 1.29 is 19.1 Å². The van der Waals surface area contributed by atoms with E-state index in [1.807, 2.05) is 18.2 Å². The minimum atomic E-state index is -0.701. The fourth-order valence-corrected chi connectivity index (χ4v) is 2.67. The monoisotopic (exact) mass is 359 g/mol. The third-order valence-electron chi connectivity index (χ3n) is 4.00. The molecular weight excluding hydrogens is 346 g/mol. The van der Waals surface area contributed by atoms with Crippen LogP contribution in [-0.4, -0.2) is 16.1 Å². The average molecular weight is 359 g/mol. The molecule has 0 saturated carbocycles. The quantitative estimate of drug-likeness (QED) is 0.442. The number of aromatic nitrogens is 1. The highest BCUT2D eigenvalue weighted by molar-refractivity contribution is 5.95. The van der Waals surface area contributed by atoms with Crippen molar-refractivity contribution in [3.05, 3.63) is 88.8 Å². The predicted octanol–water partition coefficient (Wildman–Crippen LogP) is 3.78. The fraction of sp³-hybridized carbons (Fsp3) is 0. The van der Waals surface area contributed by atoms with Crippen molar-refractivity contribution in [2.75, 3.05) is 0 Å². The van der Waals surface area contributed by atoms with Crippen molar-refractivity contribution in [3.63, 3.8) is 0 Å². The topological polar surface area (TPSA) is 89.6 Å². The van der Waals surface area contributed by atoms with Gasteiger partial charge in [0.15, 0.2) is 16.8 Å². The highest BCUT2D eigenvalue weighted by Crippen LogP contribution is 2.36. The normalized spacial score (nSPS) is 10.7. The molecule has 0 aliphatic carbocycles. The zero-order valence-corrected chi connectivity index (χ0v) is 14.0. The molecule has 2 heterocycles. The number of pyridine rings is 1. The van der Waals surface area contributed by atoms with Crippen LogP contribution < -0.4 is 10.2 Å². The van der Waals surface area contributed by atoms with Crippen molar-refractivity contribution in [3.8, 4) is 22.8 Å². The first-order valence-electron chi connectivity index (χ1n) is 8.11. The Bertz CT molecular complexity index is 1180. The Balaban J connectivity index is 1.87. The number of phenolic OH excluding ortho intramolecular Hbond substituents is 1. The highest BCUT2D eigenvalue weighted by Gasteiger charge is 2.19. The predicted molar refractivity (Wildman–Crippen MR) is 98.8 cm³/mol. The molecule has 0 atom stereocenters. The number of phenols is 1. The largest absolute Gasteiger partial charge is 0.504 e. The Hall–Kier alpha value is -3.93. The first-order chi connectivity index (χ1) is 13.1. The molecule has 2 aromatic carbocycles. The lowest BCUT2D eigenvalue weighted by molar-refractivity contribution is 0.0730. The van der Waals surface area contributed by atoms with Gasteiger partial charge >= 0.3 is 5.97 Å². The lowest BCUT2D eigenvalue weighted by atomic mass is 10.1. The van der Waals surface area contributed by atoms with Gasteiger partial charge in [-0.15, -0.1) is 0 Å². The summed E-state index contributed by atoms with van der Waals surface area (Å²) in [5.41, 5.74) is 0.634. The van der Waals surface area contributed by atoms with Gasteiger partial charge in [0.1, 0.15) is 5.76 Å². The molecule has 27 heavy (non-hydrogen) atoms. The number of fused-ring (bicyclic) bond motifs is 1. The van der Waals surface area contributed by atoms with Gasteiger partial charge in [-0.2, -0.15) is 0 Å². The van der Waals surface area contributed by atoms with Gasteiger partial charge in [-0.3, -0.25) is 9.78 Å². The number of rotatable bonds is 3. The zero-order valence-electron chi connectivity index (χ0n) is 14.0. The number of benzene rings is 2. The summed E-state index contributed by atoms with van der Waals surface area (Å²) in [4.78, 5) is 28.7. The first kappa shape index (κ1) is 16.5. The third kappa shape index (κ3) is 3.16. The first-order valence-corrected chi connectivity index (χ1v) is 8.11. The van der Waals surface area contributed by atoms with Crippen LogP contribution in [0, 0.1) is 0 Å². The second-order valence-corrected chi connectivity index (χ2v) is 5.76. The van der Waals surface area contributed by atoms with Crippen molar-refractivity contribution in [2.45, 2.75) is 0 Å². The summed E-state index contributed by atoms with van der Waals surface area (Å²) in [6, 6.07) is 16.1. The van der Waals surface area contributed by atoms with Crippen LogP contribution in [0.25, 0.3) is 22.3 Å². The van der Waals surface area contributed by atoms with Gasteiger partial charge in [-0.05, 0) is 24.3 Å². The number of carbonyl (C=O) groups excluding carboxylic acids is 1. The molecular formula is C21H13NO5. The molecule has 0 fully saturated rings. The maximum absolute atomic E-state index is 12.5. The molecule has 6 nitrogen and oxygen atoms in total. The molecule has 2 aromatic heterocycles. The zero-order chi connectivity index (χ0) is 18.8. The molecule has 0 saturated heterocycles. The summed E-state index contributed by atoms with van der Waals surface area (Å²) < 4.78 is 11.2. The van der Waals surface area contributed by atoms with Crippen molar-refractivity contribution >= 4 is 16.9 Å². The summed E-state index contributed by atoms with van der Waals surface area (Å²) in [7, 11) is 0. The fourth-order valence-electron chi connectivity index (χ4n) is 2.67. The Kier molecular flexibility index (Phi) is 4.14. The van der Waals surface area contributed by atoms with E-state index in [1.54, 1.807) is 12.1 Å². The molecule has 1 N–H and O–H groups in total. The second kappa shape index (κ2) is 6.76. The number of hydrogen-bond acceptors (Lipinski definition) is 6. The van der Waals surface area contributed by atoms with Gasteiger partial charge in [-0.25, -0.2) is 4.79 Å². The molecule has 132 valence electrons. The SMILES string of the molecule is O=C(Oc1c(O)ccc2c(=O)cc(-c3ccccc3)oc12)c1ccncc1. The standard InChI is InChI=1S/C21H13NO5/c23-16-7-6-15-17(24)12-18(13-4-2-1-3-5-13)26-19(15)20(16)27-21(25)14-8-10-22-11-9-14/h1-12,23H. The summed E-state index contributed by atoms with van der Waals surface area (Å²) >= 11 is 0. The Labute approximate surface area is 153 Å². The van der Waals surface area contributed by atoms with E-state index in [9.17, 15) is 14.7 Å². The van der Waals surface area contributed by atoms with Crippen LogP contribution in [-0.2, 0) is 0 Å². The van der Waals surface area contributed by atoms with Crippen LogP contribution in [0.5, 0.6) is 11.5 Å². The van der Waals surface area contributed by atoms with Crippen molar-refractivity contribution in [1.29, 1.82) is 0 Å². The number of nitrogens with zero attached hydrogens (tertiary/aromatic N) is 1. The van der Waals surface area contributed by atoms with E-state index in [1.165, 1.54) is 42.7 Å². The van der Waals surface area contributed by atoms with Crippen LogP contribution >= 0.6 is 0 Å². The minimum Gasteiger partial charge on any atom is -0.504 e. The highest BCUT2D eigenvalue weighted by atomic mass is 16.5. The van der Waals surface area contributed by atoms with E-state index in [4.69, 9.17) is 9.15 Å². The van der Waals surface area contributed by atoms with E-state index in [2.05, 4.69) is 4.98 Å². The molecule has 0 spiro atoms. The van der Waals surface area contributed by atoms with Crippen LogP contribution in [0.3, 0.4) is 0 Å². The molecule has 0 aliphatic rings. The van der Waals surface area contributed by atoms with E-state index >= 15 is 0 Å². The number of aromatic hydroxyl groups is 1. The lowest BCUT2D eigenvalue weighted by Gasteiger charge is -2.10. The van der Waals surface area contributed by atoms with E-state index in [0.29, 0.717) is 11.3 Å². The Morgan fingerprint density at radius 2 is 1.74 bits per heavy atom. The van der Waals surface area contributed by atoms with Crippen LogP contribution in [0.4, 0.5) is 0 Å². The van der Waals surface area contributed by atoms with Gasteiger partial charge in [0, 0.05) is 24.0 Å². The van der Waals surface area contributed by atoms with Crippen LogP contribution in [0.2, 0.25) is 0 Å². The number of ether oxygens (including phenoxy) is 1. The average Bonchev–Trinajstić information content (AvgIpc) is 2.71. The van der Waals surface area contributed by atoms with Crippen molar-refractivity contribution in [1.82, 2.24) is 4.98 Å². The Morgan fingerprint density at radius 1 is 1.00 bits per heavy atom. The summed E-state index contributed by atoms with van der Waals surface area (Å²) in [6.07, 6.45) is 2.90. The van der Waals surface area contributed by atoms with Crippen molar-refractivity contribution in [2.24, 2.45) is 0 Å². The number of hydrogen-bond donors (Lipinski definition) is 1. The maximum Gasteiger partial charge on any atom is 0.343 e. The molecule has 0 aliphatic heterocycles. The number of carbonyl (C=O) groups is 1. The molecule has 0 amide bonds. The van der Waals surface area contributed by atoms with Gasteiger partial charge < -0.3 is 14.3 Å². The molecule has 4 rings (SSSR count). The summed E-state index contributed by atoms with van der Waals surface area (Å²) in [5, 5.41) is 10.4. The maximum atomic E-state index is 12.5. The number of esters is 1. The minimum absolute atomic E-state index is 0.00348. The van der Waals surface area contributed by atoms with E-state index in [-0.39, 0.29) is 33.5 Å².